The predicted molar refractivity (Wildman–Crippen MR) is 41.5 cm³/mol. The molecule has 1 aromatic heterocycles. The maximum atomic E-state index is 12.2. The minimum absolute atomic E-state index is 0.00463. The number of hydrogen-bond acceptors (Lipinski definition) is 3. The molecule has 5 heteroatoms. The average molecular weight is 173 g/mol. The van der Waals surface area contributed by atoms with E-state index in [2.05, 4.69) is 4.98 Å². The summed E-state index contributed by atoms with van der Waals surface area (Å²) in [4.78, 5) is 3.46. The summed E-state index contributed by atoms with van der Waals surface area (Å²) in [5, 5.41) is 0. The van der Waals surface area contributed by atoms with Gasteiger partial charge in [-0.1, -0.05) is 0 Å². The smallest absolute Gasteiger partial charge is 0.282 e. The molecule has 1 aromatic rings. The van der Waals surface area contributed by atoms with Crippen molar-refractivity contribution in [1.82, 2.24) is 4.98 Å². The van der Waals surface area contributed by atoms with Crippen molar-refractivity contribution in [3.05, 3.63) is 23.5 Å². The third-order valence-corrected chi connectivity index (χ3v) is 1.54. The standard InChI is InChI=1S/C7H9F2N3/c8-7(9)6-5(11)4(3-10)1-2-12-6/h1-2,7H,3,10-11H2. The topological polar surface area (TPSA) is 64.9 Å². The fourth-order valence-electron chi connectivity index (χ4n) is 0.883. The lowest BCUT2D eigenvalue weighted by atomic mass is 10.2. The van der Waals surface area contributed by atoms with Crippen LogP contribution in [0.2, 0.25) is 0 Å². The van der Waals surface area contributed by atoms with Crippen molar-refractivity contribution < 1.29 is 8.78 Å². The van der Waals surface area contributed by atoms with Gasteiger partial charge in [0.15, 0.2) is 0 Å². The molecule has 3 nitrogen and oxygen atoms in total. The van der Waals surface area contributed by atoms with Crippen LogP contribution in [0.15, 0.2) is 12.3 Å². The minimum Gasteiger partial charge on any atom is -0.397 e. The van der Waals surface area contributed by atoms with Crippen molar-refractivity contribution in [3.63, 3.8) is 0 Å². The van der Waals surface area contributed by atoms with E-state index in [1.165, 1.54) is 12.3 Å². The van der Waals surface area contributed by atoms with Crippen molar-refractivity contribution in [2.75, 3.05) is 5.73 Å². The van der Waals surface area contributed by atoms with Gasteiger partial charge in [-0.2, -0.15) is 0 Å². The summed E-state index contributed by atoms with van der Waals surface area (Å²) < 4.78 is 24.3. The van der Waals surface area contributed by atoms with Gasteiger partial charge in [-0.05, 0) is 11.6 Å². The molecule has 0 amide bonds. The second kappa shape index (κ2) is 3.44. The molecule has 1 rings (SSSR count). The molecule has 12 heavy (non-hydrogen) atoms. The number of nitrogens with zero attached hydrogens (tertiary/aromatic N) is 1. The number of rotatable bonds is 2. The van der Waals surface area contributed by atoms with Crippen LogP contribution in [0.3, 0.4) is 0 Å². The summed E-state index contributed by atoms with van der Waals surface area (Å²) >= 11 is 0. The highest BCUT2D eigenvalue weighted by atomic mass is 19.3. The van der Waals surface area contributed by atoms with Crippen LogP contribution in [0.5, 0.6) is 0 Å². The lowest BCUT2D eigenvalue weighted by Crippen LogP contribution is -2.06. The zero-order chi connectivity index (χ0) is 9.14. The first kappa shape index (κ1) is 8.86. The number of nitrogen functional groups attached to an aromatic ring is 1. The first-order valence-electron chi connectivity index (χ1n) is 3.38. The lowest BCUT2D eigenvalue weighted by molar-refractivity contribution is 0.147. The fourth-order valence-corrected chi connectivity index (χ4v) is 0.883. The van der Waals surface area contributed by atoms with E-state index in [9.17, 15) is 8.78 Å². The van der Waals surface area contributed by atoms with Crippen molar-refractivity contribution in [2.24, 2.45) is 5.73 Å². The Balaban J connectivity index is 3.14. The molecule has 0 aliphatic heterocycles. The molecule has 66 valence electrons. The molecule has 0 aliphatic carbocycles. The maximum Gasteiger partial charge on any atom is 0.282 e. The van der Waals surface area contributed by atoms with E-state index in [1.54, 1.807) is 0 Å². The molecular formula is C7H9F2N3. The Morgan fingerprint density at radius 3 is 2.67 bits per heavy atom. The van der Waals surface area contributed by atoms with E-state index in [0.717, 1.165) is 0 Å². The largest absolute Gasteiger partial charge is 0.397 e. The van der Waals surface area contributed by atoms with Crippen LogP contribution in [0.4, 0.5) is 14.5 Å². The molecule has 0 atom stereocenters. The lowest BCUT2D eigenvalue weighted by Gasteiger charge is -2.06. The SMILES string of the molecule is NCc1ccnc(C(F)F)c1N. The van der Waals surface area contributed by atoms with Crippen molar-refractivity contribution in [1.29, 1.82) is 0 Å². The maximum absolute atomic E-state index is 12.2. The van der Waals surface area contributed by atoms with E-state index < -0.39 is 12.1 Å². The monoisotopic (exact) mass is 173 g/mol. The van der Waals surface area contributed by atoms with Crippen LogP contribution >= 0.6 is 0 Å². The Kier molecular flexibility index (Phi) is 2.54. The van der Waals surface area contributed by atoms with Gasteiger partial charge in [0.05, 0.1) is 5.69 Å². The summed E-state index contributed by atoms with van der Waals surface area (Å²) in [6, 6.07) is 1.53. The van der Waals surface area contributed by atoms with Gasteiger partial charge in [0.2, 0.25) is 0 Å². The molecule has 0 saturated carbocycles. The number of anilines is 1. The zero-order valence-electron chi connectivity index (χ0n) is 6.30. The van der Waals surface area contributed by atoms with Gasteiger partial charge in [0.25, 0.3) is 6.43 Å². The second-order valence-corrected chi connectivity index (χ2v) is 2.27. The second-order valence-electron chi connectivity index (χ2n) is 2.27. The Labute approximate surface area is 68.4 Å². The van der Waals surface area contributed by atoms with E-state index >= 15 is 0 Å². The third kappa shape index (κ3) is 1.50. The van der Waals surface area contributed by atoms with Gasteiger partial charge in [-0.3, -0.25) is 4.98 Å². The van der Waals surface area contributed by atoms with Gasteiger partial charge in [-0.15, -0.1) is 0 Å². The summed E-state index contributed by atoms with van der Waals surface area (Å²) in [6.07, 6.45) is -1.36. The van der Waals surface area contributed by atoms with E-state index in [0.29, 0.717) is 5.56 Å². The highest BCUT2D eigenvalue weighted by Crippen LogP contribution is 2.24. The molecule has 4 N–H and O–H groups in total. The van der Waals surface area contributed by atoms with E-state index in [1.807, 2.05) is 0 Å². The van der Waals surface area contributed by atoms with Crippen LogP contribution in [-0.4, -0.2) is 4.98 Å². The first-order valence-corrected chi connectivity index (χ1v) is 3.38. The molecule has 0 bridgehead atoms. The Morgan fingerprint density at radius 1 is 1.50 bits per heavy atom. The molecule has 0 aliphatic rings. The number of halogens is 2. The zero-order valence-corrected chi connectivity index (χ0v) is 6.30. The number of nitrogens with two attached hydrogens (primary N) is 2. The number of pyridine rings is 1. The molecule has 0 unspecified atom stereocenters. The quantitative estimate of drug-likeness (QED) is 0.702. The molecule has 1 heterocycles. The number of alkyl halides is 2. The normalized spacial score (nSPS) is 10.7. The van der Waals surface area contributed by atoms with Crippen LogP contribution in [0.1, 0.15) is 17.7 Å². The van der Waals surface area contributed by atoms with Gasteiger partial charge in [-0.25, -0.2) is 8.78 Å². The van der Waals surface area contributed by atoms with Gasteiger partial charge < -0.3 is 11.5 Å². The number of hydrogen-bond donors (Lipinski definition) is 2. The summed E-state index contributed by atoms with van der Waals surface area (Å²) in [5.41, 5.74) is 10.7. The Bertz CT molecular complexity index is 275. The third-order valence-electron chi connectivity index (χ3n) is 1.54. The summed E-state index contributed by atoms with van der Waals surface area (Å²) in [6.45, 7) is 0.147. The number of aromatic nitrogens is 1. The molecule has 0 saturated heterocycles. The van der Waals surface area contributed by atoms with E-state index in [4.69, 9.17) is 11.5 Å². The summed E-state index contributed by atoms with van der Waals surface area (Å²) in [5.74, 6) is 0. The molecule has 0 spiro atoms. The van der Waals surface area contributed by atoms with Gasteiger partial charge in [0.1, 0.15) is 5.69 Å². The Hall–Kier alpha value is -1.23. The van der Waals surface area contributed by atoms with Crippen LogP contribution in [0.25, 0.3) is 0 Å². The predicted octanol–water partition coefficient (Wildman–Crippen LogP) is 1.06. The van der Waals surface area contributed by atoms with Crippen molar-refractivity contribution in [3.8, 4) is 0 Å². The molecular weight excluding hydrogens is 164 g/mol. The minimum atomic E-state index is -2.64. The van der Waals surface area contributed by atoms with Crippen molar-refractivity contribution >= 4 is 5.69 Å². The van der Waals surface area contributed by atoms with Crippen LogP contribution in [-0.2, 0) is 6.54 Å². The van der Waals surface area contributed by atoms with Crippen LogP contribution < -0.4 is 11.5 Å². The van der Waals surface area contributed by atoms with Gasteiger partial charge >= 0.3 is 0 Å². The summed E-state index contributed by atoms with van der Waals surface area (Å²) in [7, 11) is 0. The van der Waals surface area contributed by atoms with E-state index in [-0.39, 0.29) is 12.2 Å². The fraction of sp³-hybridized carbons (Fsp3) is 0.286. The molecule has 0 aromatic carbocycles. The highest BCUT2D eigenvalue weighted by molar-refractivity contribution is 5.50. The van der Waals surface area contributed by atoms with Crippen molar-refractivity contribution in [2.45, 2.75) is 13.0 Å². The first-order chi connectivity index (χ1) is 5.66. The molecule has 0 radical (unpaired) electrons. The Morgan fingerprint density at radius 2 is 2.17 bits per heavy atom. The molecule has 0 fully saturated rings. The van der Waals surface area contributed by atoms with Crippen LogP contribution in [0, 0.1) is 0 Å². The highest BCUT2D eigenvalue weighted by Gasteiger charge is 2.14. The average Bonchev–Trinajstić information content (AvgIpc) is 2.04. The van der Waals surface area contributed by atoms with Gasteiger partial charge in [0, 0.05) is 12.7 Å².